The Morgan fingerprint density at radius 1 is 1.20 bits per heavy atom. The van der Waals surface area contributed by atoms with Crippen LogP contribution in [-0.2, 0) is 6.54 Å². The predicted octanol–water partition coefficient (Wildman–Crippen LogP) is 2.80. The SMILES string of the molecule is Cc1cc(Cl)nc(Cn2ccc3ccccc3c2=O)n1. The lowest BCUT2D eigenvalue weighted by atomic mass is 10.2. The number of rotatable bonds is 2. The molecule has 0 radical (unpaired) electrons. The van der Waals surface area contributed by atoms with Crippen LogP contribution in [0.1, 0.15) is 11.5 Å². The summed E-state index contributed by atoms with van der Waals surface area (Å²) in [6.45, 7) is 2.16. The summed E-state index contributed by atoms with van der Waals surface area (Å²) in [5, 5.41) is 2.01. The van der Waals surface area contributed by atoms with Crippen LogP contribution in [0.25, 0.3) is 10.8 Å². The van der Waals surface area contributed by atoms with Gasteiger partial charge in [-0.1, -0.05) is 29.8 Å². The van der Waals surface area contributed by atoms with Gasteiger partial charge < -0.3 is 4.57 Å². The molecular weight excluding hydrogens is 274 g/mol. The summed E-state index contributed by atoms with van der Waals surface area (Å²) >= 11 is 5.91. The molecular formula is C15H12ClN3O. The van der Waals surface area contributed by atoms with Crippen LogP contribution in [0.3, 0.4) is 0 Å². The highest BCUT2D eigenvalue weighted by Gasteiger charge is 2.06. The van der Waals surface area contributed by atoms with Gasteiger partial charge in [0.15, 0.2) is 0 Å². The predicted molar refractivity (Wildman–Crippen MR) is 79.1 cm³/mol. The molecule has 100 valence electrons. The van der Waals surface area contributed by atoms with Crippen molar-refractivity contribution in [3.63, 3.8) is 0 Å². The topological polar surface area (TPSA) is 47.8 Å². The Morgan fingerprint density at radius 2 is 2.00 bits per heavy atom. The largest absolute Gasteiger partial charge is 0.307 e. The molecule has 0 amide bonds. The number of pyridine rings is 1. The van der Waals surface area contributed by atoms with E-state index in [2.05, 4.69) is 9.97 Å². The van der Waals surface area contributed by atoms with Gasteiger partial charge >= 0.3 is 0 Å². The summed E-state index contributed by atoms with van der Waals surface area (Å²) in [7, 11) is 0. The lowest BCUT2D eigenvalue weighted by molar-refractivity contribution is 0.717. The van der Waals surface area contributed by atoms with E-state index < -0.39 is 0 Å². The van der Waals surface area contributed by atoms with Gasteiger partial charge in [0.1, 0.15) is 11.0 Å². The second kappa shape index (κ2) is 5.06. The minimum Gasteiger partial charge on any atom is -0.307 e. The second-order valence-electron chi connectivity index (χ2n) is 4.58. The van der Waals surface area contributed by atoms with E-state index in [0.717, 1.165) is 11.1 Å². The van der Waals surface area contributed by atoms with Gasteiger partial charge in [0.05, 0.1) is 6.54 Å². The molecule has 0 saturated heterocycles. The molecule has 2 heterocycles. The Labute approximate surface area is 120 Å². The number of nitrogens with zero attached hydrogens (tertiary/aromatic N) is 3. The summed E-state index contributed by atoms with van der Waals surface area (Å²) in [6, 6.07) is 11.1. The van der Waals surface area contributed by atoms with Crippen molar-refractivity contribution in [3.8, 4) is 0 Å². The van der Waals surface area contributed by atoms with E-state index in [0.29, 0.717) is 22.9 Å². The van der Waals surface area contributed by atoms with Crippen molar-refractivity contribution in [2.24, 2.45) is 0 Å². The monoisotopic (exact) mass is 285 g/mol. The molecule has 3 aromatic rings. The highest BCUT2D eigenvalue weighted by atomic mass is 35.5. The summed E-state index contributed by atoms with van der Waals surface area (Å²) in [4.78, 5) is 20.8. The molecule has 0 aliphatic carbocycles. The highest BCUT2D eigenvalue weighted by molar-refractivity contribution is 6.29. The van der Waals surface area contributed by atoms with Crippen molar-refractivity contribution in [2.75, 3.05) is 0 Å². The lowest BCUT2D eigenvalue weighted by Gasteiger charge is -2.07. The van der Waals surface area contributed by atoms with E-state index in [1.54, 1.807) is 16.8 Å². The molecule has 0 aliphatic heterocycles. The Hall–Kier alpha value is -2.20. The van der Waals surface area contributed by atoms with Gasteiger partial charge in [-0.15, -0.1) is 0 Å². The number of benzene rings is 1. The van der Waals surface area contributed by atoms with Crippen LogP contribution in [0, 0.1) is 6.92 Å². The van der Waals surface area contributed by atoms with Crippen LogP contribution >= 0.6 is 11.6 Å². The third kappa shape index (κ3) is 2.42. The highest BCUT2D eigenvalue weighted by Crippen LogP contribution is 2.10. The Bertz CT molecular complexity index is 822. The van der Waals surface area contributed by atoms with Crippen molar-refractivity contribution in [1.82, 2.24) is 14.5 Å². The van der Waals surface area contributed by atoms with Gasteiger partial charge in [0.2, 0.25) is 0 Å². The van der Waals surface area contributed by atoms with Gasteiger partial charge in [-0.25, -0.2) is 9.97 Å². The molecule has 4 nitrogen and oxygen atoms in total. The second-order valence-corrected chi connectivity index (χ2v) is 4.97. The molecule has 0 atom stereocenters. The van der Waals surface area contributed by atoms with Crippen LogP contribution < -0.4 is 5.56 Å². The first-order valence-corrected chi connectivity index (χ1v) is 6.59. The maximum atomic E-state index is 12.4. The molecule has 1 aromatic carbocycles. The van der Waals surface area contributed by atoms with E-state index >= 15 is 0 Å². The first-order chi connectivity index (χ1) is 9.63. The Balaban J connectivity index is 2.07. The van der Waals surface area contributed by atoms with Crippen molar-refractivity contribution in [3.05, 3.63) is 69.6 Å². The number of fused-ring (bicyclic) bond motifs is 1. The zero-order chi connectivity index (χ0) is 14.1. The van der Waals surface area contributed by atoms with E-state index in [9.17, 15) is 4.79 Å². The van der Waals surface area contributed by atoms with Gasteiger partial charge in [0.25, 0.3) is 5.56 Å². The van der Waals surface area contributed by atoms with Crippen LogP contribution in [0.15, 0.2) is 47.4 Å². The lowest BCUT2D eigenvalue weighted by Crippen LogP contribution is -2.21. The van der Waals surface area contributed by atoms with Gasteiger partial charge in [-0.2, -0.15) is 0 Å². The third-order valence-electron chi connectivity index (χ3n) is 3.07. The summed E-state index contributed by atoms with van der Waals surface area (Å²) in [5.41, 5.74) is 0.734. The number of hydrogen-bond donors (Lipinski definition) is 0. The zero-order valence-electron chi connectivity index (χ0n) is 10.9. The van der Waals surface area contributed by atoms with Crippen molar-refractivity contribution in [2.45, 2.75) is 13.5 Å². The van der Waals surface area contributed by atoms with E-state index in [1.807, 2.05) is 37.3 Å². The quantitative estimate of drug-likeness (QED) is 0.680. The van der Waals surface area contributed by atoms with Gasteiger partial charge in [-0.05, 0) is 30.5 Å². The first-order valence-electron chi connectivity index (χ1n) is 6.22. The molecule has 0 saturated carbocycles. The van der Waals surface area contributed by atoms with Gasteiger partial charge in [-0.3, -0.25) is 4.79 Å². The maximum absolute atomic E-state index is 12.4. The van der Waals surface area contributed by atoms with E-state index in [-0.39, 0.29) is 5.56 Å². The maximum Gasteiger partial charge on any atom is 0.258 e. The van der Waals surface area contributed by atoms with Crippen LogP contribution in [-0.4, -0.2) is 14.5 Å². The average Bonchev–Trinajstić information content (AvgIpc) is 2.41. The minimum absolute atomic E-state index is 0.0515. The zero-order valence-corrected chi connectivity index (χ0v) is 11.6. The smallest absolute Gasteiger partial charge is 0.258 e. The van der Waals surface area contributed by atoms with Gasteiger partial charge in [0, 0.05) is 17.3 Å². The molecule has 0 spiro atoms. The standard InChI is InChI=1S/C15H12ClN3O/c1-10-8-13(16)18-14(17-10)9-19-7-6-11-4-2-3-5-12(11)15(19)20/h2-8H,9H2,1H3. The summed E-state index contributed by atoms with van der Waals surface area (Å²) in [5.74, 6) is 0.535. The fourth-order valence-corrected chi connectivity index (χ4v) is 2.42. The fraction of sp³-hybridized carbons (Fsp3) is 0.133. The number of aromatic nitrogens is 3. The summed E-state index contributed by atoms with van der Waals surface area (Å²) < 4.78 is 1.59. The molecule has 20 heavy (non-hydrogen) atoms. The minimum atomic E-state index is -0.0515. The molecule has 3 rings (SSSR count). The van der Waals surface area contributed by atoms with Crippen LogP contribution in [0.2, 0.25) is 5.15 Å². The number of hydrogen-bond acceptors (Lipinski definition) is 3. The first kappa shape index (κ1) is 12.8. The Kier molecular flexibility index (Phi) is 3.24. The molecule has 2 aromatic heterocycles. The van der Waals surface area contributed by atoms with Crippen molar-refractivity contribution >= 4 is 22.4 Å². The third-order valence-corrected chi connectivity index (χ3v) is 3.26. The summed E-state index contributed by atoms with van der Waals surface area (Å²) in [6.07, 6.45) is 1.75. The Morgan fingerprint density at radius 3 is 2.80 bits per heavy atom. The molecule has 0 bridgehead atoms. The van der Waals surface area contributed by atoms with Crippen LogP contribution in [0.5, 0.6) is 0 Å². The number of aryl methyl sites for hydroxylation is 1. The van der Waals surface area contributed by atoms with E-state index in [1.165, 1.54) is 0 Å². The molecule has 0 aliphatic rings. The average molecular weight is 286 g/mol. The normalized spacial score (nSPS) is 10.9. The number of halogens is 1. The molecule has 0 unspecified atom stereocenters. The molecule has 5 heteroatoms. The molecule has 0 N–H and O–H groups in total. The van der Waals surface area contributed by atoms with E-state index in [4.69, 9.17) is 11.6 Å². The molecule has 0 fully saturated rings. The van der Waals surface area contributed by atoms with Crippen molar-refractivity contribution in [1.29, 1.82) is 0 Å². The van der Waals surface area contributed by atoms with Crippen LogP contribution in [0.4, 0.5) is 0 Å². The van der Waals surface area contributed by atoms with Crippen molar-refractivity contribution < 1.29 is 0 Å². The fourth-order valence-electron chi connectivity index (χ4n) is 2.17.